The summed E-state index contributed by atoms with van der Waals surface area (Å²) in [6, 6.07) is 15.3. The Hall–Kier alpha value is -4.08. The molecule has 2 aliphatic heterocycles. The van der Waals surface area contributed by atoms with Crippen LogP contribution in [-0.2, 0) is 38.1 Å². The van der Waals surface area contributed by atoms with Gasteiger partial charge in [-0.3, -0.25) is 19.2 Å². The molecule has 5 rings (SSSR count). The van der Waals surface area contributed by atoms with Gasteiger partial charge in [0, 0.05) is 49.4 Å². The highest BCUT2D eigenvalue weighted by atomic mass is 16.6. The Morgan fingerprint density at radius 1 is 0.500 bits per heavy atom. The number of piperidine rings is 2. The fourth-order valence-electron chi connectivity index (χ4n) is 8.02. The number of ether oxygens (including phenoxy) is 4. The summed E-state index contributed by atoms with van der Waals surface area (Å²) in [6.07, 6.45) is 6.36. The summed E-state index contributed by atoms with van der Waals surface area (Å²) < 4.78 is 21.3. The van der Waals surface area contributed by atoms with E-state index in [1.54, 1.807) is 0 Å². The van der Waals surface area contributed by atoms with E-state index in [9.17, 15) is 19.2 Å². The van der Waals surface area contributed by atoms with Gasteiger partial charge < -0.3 is 28.7 Å². The maximum atomic E-state index is 13.9. The molecule has 3 aliphatic rings. The molecular formula is C36H46N2O8. The standard InChI is InChI=1S/C36H46N2O8/c1-43-31(39)35(32(40)44-2)23-30(26-13-17-28(18-14-26)38-21-9-6-10-22-38)36(33(41)45-3,34(42)46-4)24-29(35)25-11-15-27(16-12-25)37-19-7-5-8-20-37/h11-18,29-30H,5-10,19-24H2,1-4H3/t29-,30-/m1/s1. The van der Waals surface area contributed by atoms with Crippen molar-refractivity contribution < 1.29 is 38.1 Å². The molecule has 0 radical (unpaired) electrons. The minimum absolute atomic E-state index is 0.238. The lowest BCUT2D eigenvalue weighted by molar-refractivity contribution is -0.189. The van der Waals surface area contributed by atoms with Gasteiger partial charge in [0.15, 0.2) is 10.8 Å². The number of hydrogen-bond donors (Lipinski definition) is 0. The summed E-state index contributed by atoms with van der Waals surface area (Å²) in [7, 11) is 4.92. The van der Waals surface area contributed by atoms with E-state index in [4.69, 9.17) is 18.9 Å². The van der Waals surface area contributed by atoms with E-state index in [0.29, 0.717) is 11.1 Å². The number of carbonyl (C=O) groups excluding carboxylic acids is 4. The number of hydrogen-bond acceptors (Lipinski definition) is 10. The normalized spacial score (nSPS) is 22.3. The molecule has 0 spiro atoms. The molecule has 46 heavy (non-hydrogen) atoms. The third-order valence-electron chi connectivity index (χ3n) is 10.5. The Labute approximate surface area is 271 Å². The first-order valence-electron chi connectivity index (χ1n) is 16.3. The van der Waals surface area contributed by atoms with Crippen LogP contribution >= 0.6 is 0 Å². The number of carbonyl (C=O) groups is 4. The highest BCUT2D eigenvalue weighted by molar-refractivity contribution is 6.05. The van der Waals surface area contributed by atoms with E-state index in [2.05, 4.69) is 9.80 Å². The minimum Gasteiger partial charge on any atom is -0.468 e. The van der Waals surface area contributed by atoms with Gasteiger partial charge in [-0.05, 0) is 86.8 Å². The van der Waals surface area contributed by atoms with Crippen molar-refractivity contribution in [2.45, 2.75) is 63.2 Å². The van der Waals surface area contributed by atoms with Crippen LogP contribution in [0.2, 0.25) is 0 Å². The lowest BCUT2D eigenvalue weighted by atomic mass is 9.50. The molecule has 2 atom stereocenters. The predicted octanol–water partition coefficient (Wildman–Crippen LogP) is 4.99. The third kappa shape index (κ3) is 5.82. The predicted molar refractivity (Wildman–Crippen MR) is 173 cm³/mol. The second kappa shape index (κ2) is 14.1. The molecule has 0 N–H and O–H groups in total. The molecule has 1 saturated carbocycles. The number of nitrogens with zero attached hydrogens (tertiary/aromatic N) is 2. The van der Waals surface area contributed by atoms with E-state index < -0.39 is 46.5 Å². The molecule has 10 nitrogen and oxygen atoms in total. The van der Waals surface area contributed by atoms with Gasteiger partial charge >= 0.3 is 23.9 Å². The van der Waals surface area contributed by atoms with Crippen LogP contribution in [0.5, 0.6) is 0 Å². The van der Waals surface area contributed by atoms with Gasteiger partial charge in [0.1, 0.15) is 0 Å². The van der Waals surface area contributed by atoms with Gasteiger partial charge in [-0.2, -0.15) is 0 Å². The zero-order valence-electron chi connectivity index (χ0n) is 27.4. The molecule has 2 heterocycles. The van der Waals surface area contributed by atoms with E-state index in [-0.39, 0.29) is 12.8 Å². The maximum Gasteiger partial charge on any atom is 0.323 e. The Morgan fingerprint density at radius 3 is 1.04 bits per heavy atom. The van der Waals surface area contributed by atoms with Crippen molar-refractivity contribution in [3.8, 4) is 0 Å². The van der Waals surface area contributed by atoms with Gasteiger partial charge in [-0.15, -0.1) is 0 Å². The third-order valence-corrected chi connectivity index (χ3v) is 10.5. The van der Waals surface area contributed by atoms with Gasteiger partial charge in [-0.25, -0.2) is 0 Å². The Balaban J connectivity index is 1.66. The van der Waals surface area contributed by atoms with Gasteiger partial charge in [0.2, 0.25) is 0 Å². The highest BCUT2D eigenvalue weighted by Gasteiger charge is 2.69. The largest absolute Gasteiger partial charge is 0.468 e. The minimum atomic E-state index is -1.86. The van der Waals surface area contributed by atoms with Crippen LogP contribution < -0.4 is 9.80 Å². The maximum absolute atomic E-state index is 13.9. The first-order chi connectivity index (χ1) is 22.3. The number of benzene rings is 2. The molecule has 2 saturated heterocycles. The lowest BCUT2D eigenvalue weighted by Crippen LogP contribution is -2.59. The summed E-state index contributed by atoms with van der Waals surface area (Å²) in [5.74, 6) is -5.09. The number of methoxy groups -OCH3 is 4. The van der Waals surface area contributed by atoms with Crippen molar-refractivity contribution in [3.05, 3.63) is 59.7 Å². The average Bonchev–Trinajstić information content (AvgIpc) is 3.13. The molecule has 248 valence electrons. The average molecular weight is 635 g/mol. The van der Waals surface area contributed by atoms with Crippen LogP contribution in [0.25, 0.3) is 0 Å². The Kier molecular flexibility index (Phi) is 10.2. The second-order valence-corrected chi connectivity index (χ2v) is 12.7. The van der Waals surface area contributed by atoms with E-state index in [0.717, 1.165) is 63.2 Å². The summed E-state index contributed by atoms with van der Waals surface area (Å²) in [5, 5.41) is 0. The SMILES string of the molecule is COC(=O)C1(C(=O)OC)C[C@H](c2ccc(N3CCCCC3)cc2)C(C(=O)OC)(C(=O)OC)C[C@@H]1c1ccc(N2CCCCC2)cc1. The van der Waals surface area contributed by atoms with Crippen LogP contribution in [0.4, 0.5) is 11.4 Å². The highest BCUT2D eigenvalue weighted by Crippen LogP contribution is 2.61. The molecule has 0 aromatic heterocycles. The summed E-state index contributed by atoms with van der Waals surface area (Å²) >= 11 is 0. The first kappa shape index (κ1) is 33.3. The van der Waals surface area contributed by atoms with Crippen LogP contribution in [-0.4, -0.2) is 78.5 Å². The molecule has 0 bridgehead atoms. The topological polar surface area (TPSA) is 112 Å². The number of esters is 4. The summed E-state index contributed by atoms with van der Waals surface area (Å²) in [6.45, 7) is 3.79. The fraction of sp³-hybridized carbons (Fsp3) is 0.556. The Morgan fingerprint density at radius 2 is 0.783 bits per heavy atom. The van der Waals surface area contributed by atoms with Crippen molar-refractivity contribution in [2.24, 2.45) is 10.8 Å². The molecule has 2 aromatic carbocycles. The van der Waals surface area contributed by atoms with Crippen LogP contribution in [0.15, 0.2) is 48.5 Å². The zero-order chi connectivity index (χ0) is 32.9. The molecule has 0 amide bonds. The molecule has 3 fully saturated rings. The molecular weight excluding hydrogens is 588 g/mol. The molecule has 0 unspecified atom stereocenters. The summed E-state index contributed by atoms with van der Waals surface area (Å²) in [4.78, 5) is 60.4. The Bertz CT molecular complexity index is 1250. The van der Waals surface area contributed by atoms with E-state index in [1.807, 2.05) is 48.5 Å². The van der Waals surface area contributed by atoms with Crippen LogP contribution in [0.1, 0.15) is 74.3 Å². The monoisotopic (exact) mass is 634 g/mol. The first-order valence-corrected chi connectivity index (χ1v) is 16.3. The second-order valence-electron chi connectivity index (χ2n) is 12.7. The zero-order valence-corrected chi connectivity index (χ0v) is 27.4. The van der Waals surface area contributed by atoms with Crippen molar-refractivity contribution >= 4 is 35.3 Å². The molecule has 10 heteroatoms. The smallest absolute Gasteiger partial charge is 0.323 e. The molecule has 1 aliphatic carbocycles. The van der Waals surface area contributed by atoms with Crippen molar-refractivity contribution in [2.75, 3.05) is 64.4 Å². The van der Waals surface area contributed by atoms with Crippen molar-refractivity contribution in [3.63, 3.8) is 0 Å². The fourth-order valence-corrected chi connectivity index (χ4v) is 8.02. The number of rotatable bonds is 8. The number of anilines is 2. The van der Waals surface area contributed by atoms with E-state index in [1.165, 1.54) is 41.3 Å². The van der Waals surface area contributed by atoms with Crippen molar-refractivity contribution in [1.82, 2.24) is 0 Å². The van der Waals surface area contributed by atoms with Crippen LogP contribution in [0.3, 0.4) is 0 Å². The lowest BCUT2D eigenvalue weighted by Gasteiger charge is -2.50. The van der Waals surface area contributed by atoms with E-state index >= 15 is 0 Å². The summed E-state index contributed by atoms with van der Waals surface area (Å²) in [5.41, 5.74) is -0.463. The molecule has 2 aromatic rings. The quantitative estimate of drug-likeness (QED) is 0.224. The van der Waals surface area contributed by atoms with Gasteiger partial charge in [0.25, 0.3) is 0 Å². The van der Waals surface area contributed by atoms with Crippen molar-refractivity contribution in [1.29, 1.82) is 0 Å². The van der Waals surface area contributed by atoms with Gasteiger partial charge in [0.05, 0.1) is 28.4 Å². The van der Waals surface area contributed by atoms with Gasteiger partial charge in [-0.1, -0.05) is 24.3 Å². The van der Waals surface area contributed by atoms with Crippen LogP contribution in [0, 0.1) is 10.8 Å².